The molecule has 3 rings (SSSR count). The van der Waals surface area contributed by atoms with Crippen LogP contribution in [-0.4, -0.2) is 27.3 Å². The third-order valence-electron chi connectivity index (χ3n) is 4.35. The topological polar surface area (TPSA) is 81.0 Å². The predicted octanol–water partition coefficient (Wildman–Crippen LogP) is 1.63. The molecule has 1 amide bonds. The number of pyridine rings is 1. The number of aryl methyl sites for hydroxylation is 1. The molecule has 3 aromatic rings. The van der Waals surface area contributed by atoms with E-state index in [-0.39, 0.29) is 23.9 Å². The number of nitrogens with zero attached hydrogens (tertiary/aromatic N) is 3. The molecule has 0 fully saturated rings. The molecule has 0 saturated heterocycles. The first-order chi connectivity index (χ1) is 13.1. The van der Waals surface area contributed by atoms with Crippen LogP contribution in [0, 0.1) is 0 Å². The van der Waals surface area contributed by atoms with Gasteiger partial charge in [-0.05, 0) is 24.2 Å². The lowest BCUT2D eigenvalue weighted by Gasteiger charge is -2.14. The Bertz CT molecular complexity index is 965. The molecule has 0 spiro atoms. The van der Waals surface area contributed by atoms with Crippen LogP contribution in [0.25, 0.3) is 0 Å². The summed E-state index contributed by atoms with van der Waals surface area (Å²) in [5, 5.41) is 10.1. The Hall–Kier alpha value is -2.90. The van der Waals surface area contributed by atoms with Crippen molar-refractivity contribution < 1.29 is 4.79 Å². The molecule has 8 heteroatoms. The highest BCUT2D eigenvalue weighted by Crippen LogP contribution is 2.12. The zero-order chi connectivity index (χ0) is 19.2. The summed E-state index contributed by atoms with van der Waals surface area (Å²) in [7, 11) is 3.57. The van der Waals surface area contributed by atoms with Gasteiger partial charge in [0.2, 0.25) is 5.91 Å². The van der Waals surface area contributed by atoms with E-state index in [1.54, 1.807) is 40.8 Å². The van der Waals surface area contributed by atoms with Crippen molar-refractivity contribution in [2.75, 3.05) is 7.05 Å². The fourth-order valence-electron chi connectivity index (χ4n) is 2.88. The van der Waals surface area contributed by atoms with Crippen LogP contribution < -0.4 is 16.2 Å². The standard InChI is InChI=1S/C20H23N5O2.ClH/c1-21-19(17-12-23-24(2)14-17)20(27)22-11-15-6-8-16(9-7-15)13-25-10-4-3-5-18(25)26;/h3-10,12,14,19,21H,11,13H2,1-2H3,(H,22,27);1H. The maximum atomic E-state index is 12.5. The fourth-order valence-corrected chi connectivity index (χ4v) is 2.88. The molecule has 148 valence electrons. The Balaban J connectivity index is 0.00000280. The monoisotopic (exact) mass is 401 g/mol. The number of aromatic nitrogens is 3. The zero-order valence-electron chi connectivity index (χ0n) is 15.8. The molecule has 0 bridgehead atoms. The molecule has 0 saturated carbocycles. The molecular formula is C20H24ClN5O2. The van der Waals surface area contributed by atoms with Crippen molar-refractivity contribution in [3.63, 3.8) is 0 Å². The molecule has 2 heterocycles. The first kappa shape index (κ1) is 21.4. The average Bonchev–Trinajstić information content (AvgIpc) is 3.09. The Kier molecular flexibility index (Phi) is 7.54. The fraction of sp³-hybridized carbons (Fsp3) is 0.250. The van der Waals surface area contributed by atoms with Crippen molar-refractivity contribution in [2.24, 2.45) is 7.05 Å². The Morgan fingerprint density at radius 3 is 2.46 bits per heavy atom. The summed E-state index contributed by atoms with van der Waals surface area (Å²) in [5.41, 5.74) is 2.82. The minimum absolute atomic E-state index is 0. The highest BCUT2D eigenvalue weighted by Gasteiger charge is 2.19. The summed E-state index contributed by atoms with van der Waals surface area (Å²) >= 11 is 0. The summed E-state index contributed by atoms with van der Waals surface area (Å²) in [6.07, 6.45) is 5.27. The lowest BCUT2D eigenvalue weighted by Crippen LogP contribution is -2.35. The van der Waals surface area contributed by atoms with Crippen molar-refractivity contribution in [1.29, 1.82) is 0 Å². The number of hydrogen-bond acceptors (Lipinski definition) is 4. The van der Waals surface area contributed by atoms with E-state index in [0.717, 1.165) is 16.7 Å². The van der Waals surface area contributed by atoms with Crippen molar-refractivity contribution in [1.82, 2.24) is 25.0 Å². The average molecular weight is 402 g/mol. The van der Waals surface area contributed by atoms with Crippen molar-refractivity contribution in [3.05, 3.63) is 88.1 Å². The number of benzene rings is 1. The van der Waals surface area contributed by atoms with Crippen LogP contribution in [0.5, 0.6) is 0 Å². The van der Waals surface area contributed by atoms with E-state index in [9.17, 15) is 9.59 Å². The lowest BCUT2D eigenvalue weighted by atomic mass is 10.1. The SMILES string of the molecule is CNC(C(=O)NCc1ccc(Cn2ccccc2=O)cc1)c1cnn(C)c1.Cl. The van der Waals surface area contributed by atoms with E-state index < -0.39 is 6.04 Å². The number of carbonyl (C=O) groups is 1. The normalized spacial score (nSPS) is 11.5. The minimum atomic E-state index is -0.442. The molecule has 0 radical (unpaired) electrons. The van der Waals surface area contributed by atoms with Crippen LogP contribution in [0.2, 0.25) is 0 Å². The Labute approximate surface area is 169 Å². The Morgan fingerprint density at radius 2 is 1.86 bits per heavy atom. The predicted molar refractivity (Wildman–Crippen MR) is 110 cm³/mol. The second-order valence-electron chi connectivity index (χ2n) is 6.37. The van der Waals surface area contributed by atoms with Crippen LogP contribution in [-0.2, 0) is 24.9 Å². The van der Waals surface area contributed by atoms with E-state index in [1.165, 1.54) is 0 Å². The lowest BCUT2D eigenvalue weighted by molar-refractivity contribution is -0.123. The summed E-state index contributed by atoms with van der Waals surface area (Å²) in [6.45, 7) is 0.956. The highest BCUT2D eigenvalue weighted by atomic mass is 35.5. The van der Waals surface area contributed by atoms with E-state index in [1.807, 2.05) is 43.6 Å². The number of halogens is 1. The van der Waals surface area contributed by atoms with Crippen molar-refractivity contribution in [3.8, 4) is 0 Å². The van der Waals surface area contributed by atoms with Gasteiger partial charge in [0, 0.05) is 37.6 Å². The third kappa shape index (κ3) is 5.31. The first-order valence-electron chi connectivity index (χ1n) is 8.73. The number of rotatable bonds is 7. The van der Waals surface area contributed by atoms with Crippen molar-refractivity contribution >= 4 is 18.3 Å². The summed E-state index contributed by atoms with van der Waals surface area (Å²) < 4.78 is 3.33. The van der Waals surface area contributed by atoms with Gasteiger partial charge >= 0.3 is 0 Å². The molecule has 0 aliphatic carbocycles. The number of carbonyl (C=O) groups excluding carboxylic acids is 1. The van der Waals surface area contributed by atoms with E-state index in [2.05, 4.69) is 15.7 Å². The van der Waals surface area contributed by atoms with Crippen LogP contribution >= 0.6 is 12.4 Å². The molecule has 1 atom stereocenters. The van der Waals surface area contributed by atoms with Gasteiger partial charge in [-0.15, -0.1) is 12.4 Å². The molecular weight excluding hydrogens is 378 g/mol. The van der Waals surface area contributed by atoms with Gasteiger partial charge in [0.1, 0.15) is 6.04 Å². The highest BCUT2D eigenvalue weighted by molar-refractivity contribution is 5.85. The van der Waals surface area contributed by atoms with Gasteiger partial charge in [-0.1, -0.05) is 30.3 Å². The number of likely N-dealkylation sites (N-methyl/N-ethyl adjacent to an activating group) is 1. The summed E-state index contributed by atoms with van der Waals surface area (Å²) in [6, 6.07) is 12.5. The van der Waals surface area contributed by atoms with Gasteiger partial charge in [0.05, 0.1) is 12.7 Å². The van der Waals surface area contributed by atoms with E-state index >= 15 is 0 Å². The molecule has 0 aliphatic rings. The van der Waals surface area contributed by atoms with Gasteiger partial charge in [0.25, 0.3) is 5.56 Å². The van der Waals surface area contributed by atoms with Crippen LogP contribution in [0.4, 0.5) is 0 Å². The number of hydrogen-bond donors (Lipinski definition) is 2. The third-order valence-corrected chi connectivity index (χ3v) is 4.35. The Morgan fingerprint density at radius 1 is 1.14 bits per heavy atom. The molecule has 28 heavy (non-hydrogen) atoms. The first-order valence-corrected chi connectivity index (χ1v) is 8.73. The van der Waals surface area contributed by atoms with E-state index in [4.69, 9.17) is 0 Å². The quantitative estimate of drug-likeness (QED) is 0.630. The van der Waals surface area contributed by atoms with Crippen LogP contribution in [0.1, 0.15) is 22.7 Å². The van der Waals surface area contributed by atoms with Gasteiger partial charge in [-0.3, -0.25) is 14.3 Å². The zero-order valence-corrected chi connectivity index (χ0v) is 16.6. The number of nitrogens with one attached hydrogen (secondary N) is 2. The van der Waals surface area contributed by atoms with Gasteiger partial charge < -0.3 is 15.2 Å². The van der Waals surface area contributed by atoms with E-state index in [0.29, 0.717) is 13.1 Å². The number of amides is 1. The largest absolute Gasteiger partial charge is 0.350 e. The van der Waals surface area contributed by atoms with Gasteiger partial charge in [-0.25, -0.2) is 0 Å². The second kappa shape index (κ2) is 9.87. The maximum absolute atomic E-state index is 12.5. The molecule has 1 aromatic carbocycles. The van der Waals surface area contributed by atoms with Crippen LogP contribution in [0.15, 0.2) is 65.8 Å². The molecule has 2 N–H and O–H groups in total. The molecule has 1 unspecified atom stereocenters. The van der Waals surface area contributed by atoms with Gasteiger partial charge in [0.15, 0.2) is 0 Å². The molecule has 2 aromatic heterocycles. The summed E-state index contributed by atoms with van der Waals surface area (Å²) in [4.78, 5) is 24.2. The van der Waals surface area contributed by atoms with Gasteiger partial charge in [-0.2, -0.15) is 5.10 Å². The molecule has 0 aliphatic heterocycles. The minimum Gasteiger partial charge on any atom is -0.350 e. The molecule has 7 nitrogen and oxygen atoms in total. The van der Waals surface area contributed by atoms with Crippen LogP contribution in [0.3, 0.4) is 0 Å². The maximum Gasteiger partial charge on any atom is 0.250 e. The second-order valence-corrected chi connectivity index (χ2v) is 6.37. The van der Waals surface area contributed by atoms with Crippen molar-refractivity contribution in [2.45, 2.75) is 19.1 Å². The smallest absolute Gasteiger partial charge is 0.250 e. The summed E-state index contributed by atoms with van der Waals surface area (Å²) in [5.74, 6) is -0.106.